The first-order valence-electron chi connectivity index (χ1n) is 7.16. The number of hydrogen-bond acceptors (Lipinski definition) is 5. The summed E-state index contributed by atoms with van der Waals surface area (Å²) in [6.07, 6.45) is 1.05. The van der Waals surface area contributed by atoms with Crippen LogP contribution in [0.25, 0.3) is 5.69 Å². The van der Waals surface area contributed by atoms with Crippen molar-refractivity contribution in [1.29, 1.82) is 0 Å². The van der Waals surface area contributed by atoms with E-state index in [0.29, 0.717) is 0 Å². The van der Waals surface area contributed by atoms with E-state index in [0.717, 1.165) is 50.7 Å². The fraction of sp³-hybridized carbons (Fsp3) is 0.500. The number of benzene rings is 1. The lowest BCUT2D eigenvalue weighted by molar-refractivity contribution is 0.226. The molecule has 20 heavy (non-hydrogen) atoms. The molecule has 1 aliphatic heterocycles. The third-order valence-electron chi connectivity index (χ3n) is 3.70. The molecule has 3 rings (SSSR count). The van der Waals surface area contributed by atoms with Gasteiger partial charge in [-0.1, -0.05) is 19.1 Å². The maximum atomic E-state index is 4.17. The zero-order valence-corrected chi connectivity index (χ0v) is 11.8. The summed E-state index contributed by atoms with van der Waals surface area (Å²) in [4.78, 5) is 2.37. The lowest BCUT2D eigenvalue weighted by Gasteiger charge is -2.26. The smallest absolute Gasteiger partial charge is 0.170 e. The average Bonchev–Trinajstić information content (AvgIpc) is 2.96. The Bertz CT molecular complexity index is 541. The van der Waals surface area contributed by atoms with E-state index in [1.165, 1.54) is 5.56 Å². The molecule has 1 fully saturated rings. The van der Waals surface area contributed by atoms with Crippen LogP contribution in [0.5, 0.6) is 0 Å². The largest absolute Gasteiger partial charge is 0.314 e. The van der Waals surface area contributed by atoms with Crippen molar-refractivity contribution in [3.05, 3.63) is 35.7 Å². The van der Waals surface area contributed by atoms with Crippen molar-refractivity contribution < 1.29 is 0 Å². The molecule has 0 aliphatic carbocycles. The second kappa shape index (κ2) is 6.11. The highest BCUT2D eigenvalue weighted by Crippen LogP contribution is 2.12. The number of hydrogen-bond donors (Lipinski definition) is 1. The minimum absolute atomic E-state index is 0.796. The van der Waals surface area contributed by atoms with Crippen LogP contribution in [0.4, 0.5) is 0 Å². The number of aromatic nitrogens is 4. The van der Waals surface area contributed by atoms with Gasteiger partial charge in [0.2, 0.25) is 0 Å². The highest BCUT2D eigenvalue weighted by molar-refractivity contribution is 5.34. The van der Waals surface area contributed by atoms with Crippen LogP contribution in [0, 0.1) is 0 Å². The molecule has 6 nitrogen and oxygen atoms in total. The van der Waals surface area contributed by atoms with Crippen molar-refractivity contribution in [3.8, 4) is 5.69 Å². The molecule has 1 aromatic carbocycles. The molecule has 0 saturated carbocycles. The monoisotopic (exact) mass is 272 g/mol. The zero-order valence-electron chi connectivity index (χ0n) is 11.8. The van der Waals surface area contributed by atoms with E-state index in [1.54, 1.807) is 0 Å². The van der Waals surface area contributed by atoms with Crippen LogP contribution in [0.1, 0.15) is 18.3 Å². The Morgan fingerprint density at radius 1 is 1.15 bits per heavy atom. The summed E-state index contributed by atoms with van der Waals surface area (Å²) in [6, 6.07) is 8.42. The van der Waals surface area contributed by atoms with Crippen molar-refractivity contribution in [2.24, 2.45) is 0 Å². The third kappa shape index (κ3) is 2.86. The predicted octanol–water partition coefficient (Wildman–Crippen LogP) is 0.630. The summed E-state index contributed by atoms with van der Waals surface area (Å²) < 4.78 is 1.83. The van der Waals surface area contributed by atoms with Gasteiger partial charge in [0, 0.05) is 26.2 Å². The molecule has 0 unspecified atom stereocenters. The van der Waals surface area contributed by atoms with Gasteiger partial charge in [0.15, 0.2) is 5.82 Å². The van der Waals surface area contributed by atoms with Crippen LogP contribution in [-0.4, -0.2) is 51.3 Å². The summed E-state index contributed by atoms with van der Waals surface area (Å²) in [6.45, 7) is 7.11. The van der Waals surface area contributed by atoms with E-state index in [1.807, 2.05) is 4.68 Å². The Morgan fingerprint density at radius 2 is 1.90 bits per heavy atom. The van der Waals surface area contributed by atoms with Crippen molar-refractivity contribution >= 4 is 0 Å². The van der Waals surface area contributed by atoms with Crippen LogP contribution in [0.3, 0.4) is 0 Å². The molecule has 106 valence electrons. The summed E-state index contributed by atoms with van der Waals surface area (Å²) in [5.74, 6) is 0.899. The molecule has 1 aromatic heterocycles. The Balaban J connectivity index is 1.77. The normalized spacial score (nSPS) is 16.4. The van der Waals surface area contributed by atoms with Gasteiger partial charge in [0.05, 0.1) is 12.2 Å². The Kier molecular flexibility index (Phi) is 4.03. The van der Waals surface area contributed by atoms with E-state index in [4.69, 9.17) is 0 Å². The summed E-state index contributed by atoms with van der Waals surface area (Å²) in [5, 5.41) is 15.5. The highest BCUT2D eigenvalue weighted by Gasteiger charge is 2.15. The molecule has 0 radical (unpaired) electrons. The van der Waals surface area contributed by atoms with E-state index in [-0.39, 0.29) is 0 Å². The van der Waals surface area contributed by atoms with E-state index in [2.05, 4.69) is 56.9 Å². The lowest BCUT2D eigenvalue weighted by atomic mass is 10.1. The van der Waals surface area contributed by atoms with Crippen molar-refractivity contribution in [3.63, 3.8) is 0 Å². The molecule has 1 N–H and O–H groups in total. The Hall–Kier alpha value is -1.79. The minimum Gasteiger partial charge on any atom is -0.314 e. The number of nitrogens with one attached hydrogen (secondary N) is 1. The number of piperazine rings is 1. The average molecular weight is 272 g/mol. The van der Waals surface area contributed by atoms with Gasteiger partial charge in [0.25, 0.3) is 0 Å². The first-order chi connectivity index (χ1) is 9.86. The minimum atomic E-state index is 0.796. The zero-order chi connectivity index (χ0) is 13.8. The maximum Gasteiger partial charge on any atom is 0.170 e. The van der Waals surface area contributed by atoms with Gasteiger partial charge >= 0.3 is 0 Å². The van der Waals surface area contributed by atoms with Gasteiger partial charge in [-0.3, -0.25) is 4.90 Å². The maximum absolute atomic E-state index is 4.17. The topological polar surface area (TPSA) is 58.9 Å². The molecule has 0 amide bonds. The number of nitrogens with zero attached hydrogens (tertiary/aromatic N) is 5. The van der Waals surface area contributed by atoms with Crippen LogP contribution in [-0.2, 0) is 13.0 Å². The third-order valence-corrected chi connectivity index (χ3v) is 3.70. The van der Waals surface area contributed by atoms with Crippen LogP contribution in [0.15, 0.2) is 24.3 Å². The van der Waals surface area contributed by atoms with Crippen LogP contribution < -0.4 is 5.32 Å². The SMILES string of the molecule is CCc1ccc(-n2nnnc2CN2CCNCC2)cc1. The van der Waals surface area contributed by atoms with Crippen molar-refractivity contribution in [1.82, 2.24) is 30.4 Å². The second-order valence-corrected chi connectivity index (χ2v) is 5.05. The van der Waals surface area contributed by atoms with E-state index >= 15 is 0 Å². The molecule has 0 bridgehead atoms. The van der Waals surface area contributed by atoms with E-state index < -0.39 is 0 Å². The Labute approximate surface area is 118 Å². The molecule has 2 aromatic rings. The lowest BCUT2D eigenvalue weighted by Crippen LogP contribution is -2.43. The molecule has 1 saturated heterocycles. The summed E-state index contributed by atoms with van der Waals surface area (Å²) in [5.41, 5.74) is 2.35. The molecular weight excluding hydrogens is 252 g/mol. The van der Waals surface area contributed by atoms with Gasteiger partial charge in [-0.2, -0.15) is 4.68 Å². The molecular formula is C14H20N6. The first-order valence-corrected chi connectivity index (χ1v) is 7.16. The molecule has 6 heteroatoms. The fourth-order valence-corrected chi connectivity index (χ4v) is 2.45. The van der Waals surface area contributed by atoms with Crippen molar-refractivity contribution in [2.75, 3.05) is 26.2 Å². The quantitative estimate of drug-likeness (QED) is 0.884. The van der Waals surface area contributed by atoms with Crippen LogP contribution >= 0.6 is 0 Å². The van der Waals surface area contributed by atoms with Gasteiger partial charge in [0.1, 0.15) is 0 Å². The molecule has 1 aliphatic rings. The van der Waals surface area contributed by atoms with Gasteiger partial charge in [-0.05, 0) is 34.5 Å². The van der Waals surface area contributed by atoms with Gasteiger partial charge in [-0.25, -0.2) is 0 Å². The summed E-state index contributed by atoms with van der Waals surface area (Å²) in [7, 11) is 0. The van der Waals surface area contributed by atoms with Gasteiger partial charge < -0.3 is 5.32 Å². The Morgan fingerprint density at radius 3 is 2.60 bits per heavy atom. The van der Waals surface area contributed by atoms with Crippen LogP contribution in [0.2, 0.25) is 0 Å². The number of tetrazole rings is 1. The van der Waals surface area contributed by atoms with Crippen molar-refractivity contribution in [2.45, 2.75) is 19.9 Å². The number of rotatable bonds is 4. The summed E-state index contributed by atoms with van der Waals surface area (Å²) >= 11 is 0. The van der Waals surface area contributed by atoms with E-state index in [9.17, 15) is 0 Å². The molecule has 2 heterocycles. The molecule has 0 atom stereocenters. The second-order valence-electron chi connectivity index (χ2n) is 5.05. The first kappa shape index (κ1) is 13.2. The number of aryl methyl sites for hydroxylation is 1. The van der Waals surface area contributed by atoms with Gasteiger partial charge in [-0.15, -0.1) is 5.10 Å². The standard InChI is InChI=1S/C14H20N6/c1-2-12-3-5-13(6-4-12)20-14(16-17-18-20)11-19-9-7-15-8-10-19/h3-6,15H,2,7-11H2,1H3. The predicted molar refractivity (Wildman–Crippen MR) is 76.7 cm³/mol. The highest BCUT2D eigenvalue weighted by atomic mass is 15.5. The fourth-order valence-electron chi connectivity index (χ4n) is 2.45. The molecule has 0 spiro atoms.